The molecule has 0 fully saturated rings. The smallest absolute Gasteiger partial charge is 0.281 e. The van der Waals surface area contributed by atoms with Gasteiger partial charge in [0.1, 0.15) is 0 Å². The minimum atomic E-state index is -0.656. The van der Waals surface area contributed by atoms with Gasteiger partial charge in [-0.3, -0.25) is 14.9 Å². The number of nitrogens with two attached hydrogens (primary N) is 1. The third-order valence-corrected chi connectivity index (χ3v) is 2.39. The standard InChI is InChI=1S/C10H9N5O4/c1-5-2-3-6(4-7(5)15(17)18)12-10(16)8-9(11)14-19-13-8/h2-4H,1H3,(H2,11,14)(H,12,16). The number of nitrogen functional groups attached to an aromatic ring is 1. The van der Waals surface area contributed by atoms with Crippen molar-refractivity contribution in [3.63, 3.8) is 0 Å². The summed E-state index contributed by atoms with van der Waals surface area (Å²) in [6.45, 7) is 1.60. The lowest BCUT2D eigenvalue weighted by molar-refractivity contribution is -0.385. The number of nitrogens with zero attached hydrogens (tertiary/aromatic N) is 3. The molecule has 0 radical (unpaired) electrons. The molecule has 2 aromatic rings. The molecule has 0 atom stereocenters. The van der Waals surface area contributed by atoms with Crippen LogP contribution in [-0.4, -0.2) is 21.1 Å². The molecular formula is C10H9N5O4. The molecule has 19 heavy (non-hydrogen) atoms. The van der Waals surface area contributed by atoms with Crippen molar-refractivity contribution in [2.45, 2.75) is 6.92 Å². The van der Waals surface area contributed by atoms with Gasteiger partial charge in [0.05, 0.1) is 4.92 Å². The molecule has 9 heteroatoms. The van der Waals surface area contributed by atoms with Gasteiger partial charge >= 0.3 is 0 Å². The molecule has 0 saturated carbocycles. The van der Waals surface area contributed by atoms with Gasteiger partial charge < -0.3 is 11.1 Å². The molecule has 0 aliphatic carbocycles. The number of carbonyl (C=O) groups is 1. The molecule has 1 aromatic heterocycles. The van der Waals surface area contributed by atoms with Gasteiger partial charge in [-0.25, -0.2) is 4.63 Å². The molecule has 2 rings (SSSR count). The van der Waals surface area contributed by atoms with Crippen molar-refractivity contribution in [2.24, 2.45) is 0 Å². The number of hydrogen-bond acceptors (Lipinski definition) is 7. The highest BCUT2D eigenvalue weighted by Gasteiger charge is 2.18. The van der Waals surface area contributed by atoms with Gasteiger partial charge in [0.25, 0.3) is 11.6 Å². The van der Waals surface area contributed by atoms with Crippen LogP contribution < -0.4 is 11.1 Å². The molecule has 0 unspecified atom stereocenters. The predicted octanol–water partition coefficient (Wildman–Crippen LogP) is 1.12. The summed E-state index contributed by atoms with van der Waals surface area (Å²) in [5, 5.41) is 19.8. The van der Waals surface area contributed by atoms with Gasteiger partial charge in [-0.1, -0.05) is 6.07 Å². The Bertz CT molecular complexity index is 651. The summed E-state index contributed by atoms with van der Waals surface area (Å²) in [5.74, 6) is -0.809. The summed E-state index contributed by atoms with van der Waals surface area (Å²) in [7, 11) is 0. The summed E-state index contributed by atoms with van der Waals surface area (Å²) in [6.07, 6.45) is 0. The van der Waals surface area contributed by atoms with Crippen LogP contribution in [0.2, 0.25) is 0 Å². The Morgan fingerprint density at radius 2 is 2.21 bits per heavy atom. The summed E-state index contributed by atoms with van der Waals surface area (Å²) < 4.78 is 4.29. The summed E-state index contributed by atoms with van der Waals surface area (Å²) in [4.78, 5) is 22.0. The lowest BCUT2D eigenvalue weighted by Gasteiger charge is -2.04. The number of nitro benzene ring substituents is 1. The number of aryl methyl sites for hydroxylation is 1. The Labute approximate surface area is 106 Å². The van der Waals surface area contributed by atoms with E-state index in [1.807, 2.05) is 0 Å². The first-order valence-corrected chi connectivity index (χ1v) is 5.13. The average Bonchev–Trinajstić information content (AvgIpc) is 2.77. The topological polar surface area (TPSA) is 137 Å². The molecule has 0 saturated heterocycles. The van der Waals surface area contributed by atoms with Gasteiger partial charge in [0.15, 0.2) is 0 Å². The highest BCUT2D eigenvalue weighted by atomic mass is 16.6. The van der Waals surface area contributed by atoms with Crippen LogP contribution in [0, 0.1) is 17.0 Å². The minimum absolute atomic E-state index is 0.0935. The average molecular weight is 263 g/mol. The van der Waals surface area contributed by atoms with Crippen molar-refractivity contribution in [3.8, 4) is 0 Å². The number of carbonyl (C=O) groups excluding carboxylic acids is 1. The van der Waals surface area contributed by atoms with E-state index in [0.29, 0.717) is 5.56 Å². The van der Waals surface area contributed by atoms with Gasteiger partial charge in [-0.05, 0) is 23.3 Å². The molecule has 98 valence electrons. The van der Waals surface area contributed by atoms with Crippen LogP contribution in [0.4, 0.5) is 17.2 Å². The molecule has 3 N–H and O–H groups in total. The Morgan fingerprint density at radius 1 is 1.47 bits per heavy atom. The molecular weight excluding hydrogens is 254 g/mol. The van der Waals surface area contributed by atoms with E-state index >= 15 is 0 Å². The lowest BCUT2D eigenvalue weighted by Crippen LogP contribution is -2.14. The number of aromatic nitrogens is 2. The van der Waals surface area contributed by atoms with Crippen molar-refractivity contribution in [2.75, 3.05) is 11.1 Å². The van der Waals surface area contributed by atoms with Crippen molar-refractivity contribution >= 4 is 23.1 Å². The number of amides is 1. The number of nitro groups is 1. The largest absolute Gasteiger partial charge is 0.379 e. The first kappa shape index (κ1) is 12.5. The molecule has 1 heterocycles. The van der Waals surface area contributed by atoms with Crippen molar-refractivity contribution < 1.29 is 14.3 Å². The normalized spacial score (nSPS) is 10.2. The van der Waals surface area contributed by atoms with Crippen LogP contribution in [-0.2, 0) is 0 Å². The van der Waals surface area contributed by atoms with Crippen LogP contribution in [0.1, 0.15) is 16.1 Å². The van der Waals surface area contributed by atoms with Gasteiger partial charge in [0, 0.05) is 17.3 Å². The summed E-state index contributed by atoms with van der Waals surface area (Å²) in [5.41, 5.74) is 5.84. The summed E-state index contributed by atoms with van der Waals surface area (Å²) >= 11 is 0. The zero-order valence-corrected chi connectivity index (χ0v) is 9.78. The van der Waals surface area contributed by atoms with Crippen LogP contribution in [0.15, 0.2) is 22.8 Å². The lowest BCUT2D eigenvalue weighted by atomic mass is 10.2. The fourth-order valence-corrected chi connectivity index (χ4v) is 1.43. The van der Waals surface area contributed by atoms with E-state index < -0.39 is 10.8 Å². The van der Waals surface area contributed by atoms with Crippen LogP contribution in [0.5, 0.6) is 0 Å². The van der Waals surface area contributed by atoms with Gasteiger partial charge in [-0.15, -0.1) is 0 Å². The molecule has 0 aliphatic rings. The monoisotopic (exact) mass is 263 g/mol. The van der Waals surface area contributed by atoms with E-state index in [1.54, 1.807) is 6.92 Å². The number of rotatable bonds is 3. The highest BCUT2D eigenvalue weighted by Crippen LogP contribution is 2.22. The van der Waals surface area contributed by atoms with E-state index in [2.05, 4.69) is 20.3 Å². The first-order chi connectivity index (χ1) is 8.99. The maximum atomic E-state index is 11.7. The molecule has 0 aliphatic heterocycles. The first-order valence-electron chi connectivity index (χ1n) is 5.13. The maximum absolute atomic E-state index is 11.7. The number of hydrogen-bond donors (Lipinski definition) is 2. The quantitative estimate of drug-likeness (QED) is 0.625. The zero-order chi connectivity index (χ0) is 14.0. The van der Waals surface area contributed by atoms with E-state index in [9.17, 15) is 14.9 Å². The second-order valence-corrected chi connectivity index (χ2v) is 3.71. The minimum Gasteiger partial charge on any atom is -0.379 e. The van der Waals surface area contributed by atoms with E-state index in [4.69, 9.17) is 5.73 Å². The van der Waals surface area contributed by atoms with E-state index in [-0.39, 0.29) is 22.9 Å². The van der Waals surface area contributed by atoms with Crippen LogP contribution in [0.3, 0.4) is 0 Å². The molecule has 1 amide bonds. The SMILES string of the molecule is Cc1ccc(NC(=O)c2nonc2N)cc1[N+](=O)[O-]. The second kappa shape index (κ2) is 4.72. The maximum Gasteiger partial charge on any atom is 0.281 e. The Kier molecular flexibility index (Phi) is 3.10. The van der Waals surface area contributed by atoms with E-state index in [1.165, 1.54) is 18.2 Å². The third-order valence-electron chi connectivity index (χ3n) is 2.39. The van der Waals surface area contributed by atoms with E-state index in [0.717, 1.165) is 0 Å². The Hall–Kier alpha value is -2.97. The second-order valence-electron chi connectivity index (χ2n) is 3.71. The van der Waals surface area contributed by atoms with Crippen molar-refractivity contribution in [1.29, 1.82) is 0 Å². The Balaban J connectivity index is 2.25. The molecule has 1 aromatic carbocycles. The number of anilines is 2. The fraction of sp³-hybridized carbons (Fsp3) is 0.100. The fourth-order valence-electron chi connectivity index (χ4n) is 1.43. The van der Waals surface area contributed by atoms with Crippen molar-refractivity contribution in [3.05, 3.63) is 39.6 Å². The highest BCUT2D eigenvalue weighted by molar-refractivity contribution is 6.05. The van der Waals surface area contributed by atoms with Gasteiger partial charge in [-0.2, -0.15) is 0 Å². The van der Waals surface area contributed by atoms with Gasteiger partial charge in [0.2, 0.25) is 11.5 Å². The van der Waals surface area contributed by atoms with Crippen LogP contribution >= 0.6 is 0 Å². The molecule has 9 nitrogen and oxygen atoms in total. The molecule has 0 bridgehead atoms. The zero-order valence-electron chi connectivity index (χ0n) is 9.78. The third kappa shape index (κ3) is 2.49. The van der Waals surface area contributed by atoms with Crippen LogP contribution in [0.25, 0.3) is 0 Å². The number of nitrogens with one attached hydrogen (secondary N) is 1. The molecule has 0 spiro atoms. The van der Waals surface area contributed by atoms with Crippen molar-refractivity contribution in [1.82, 2.24) is 10.3 Å². The Morgan fingerprint density at radius 3 is 2.79 bits per heavy atom. The summed E-state index contributed by atoms with van der Waals surface area (Å²) in [6, 6.07) is 4.30. The predicted molar refractivity (Wildman–Crippen MR) is 64.5 cm³/mol. The number of benzene rings is 1.